The molecule has 0 unspecified atom stereocenters. The van der Waals surface area contributed by atoms with E-state index < -0.39 is 0 Å². The van der Waals surface area contributed by atoms with E-state index in [0.717, 1.165) is 11.4 Å². The van der Waals surface area contributed by atoms with E-state index in [4.69, 9.17) is 0 Å². The van der Waals surface area contributed by atoms with Crippen LogP contribution < -0.4 is 0 Å². The molecule has 0 aliphatic carbocycles. The molecule has 1 nitrogen and oxygen atoms in total. The summed E-state index contributed by atoms with van der Waals surface area (Å²) in [6, 6.07) is 4.03. The van der Waals surface area contributed by atoms with E-state index in [2.05, 4.69) is 36.4 Å². The van der Waals surface area contributed by atoms with Crippen LogP contribution in [0.25, 0.3) is 6.08 Å². The zero-order valence-corrected chi connectivity index (χ0v) is 8.27. The van der Waals surface area contributed by atoms with Gasteiger partial charge in [-0.3, -0.25) is 4.98 Å². The summed E-state index contributed by atoms with van der Waals surface area (Å²) < 4.78 is 0. The van der Waals surface area contributed by atoms with Crippen LogP contribution in [0.4, 0.5) is 0 Å². The fourth-order valence-electron chi connectivity index (χ4n) is 0.881. The van der Waals surface area contributed by atoms with Crippen LogP contribution in [0.5, 0.6) is 0 Å². The van der Waals surface area contributed by atoms with E-state index in [9.17, 15) is 0 Å². The van der Waals surface area contributed by atoms with Gasteiger partial charge in [0.15, 0.2) is 0 Å². The summed E-state index contributed by atoms with van der Waals surface area (Å²) in [6.07, 6.45) is 3.88. The van der Waals surface area contributed by atoms with Crippen molar-refractivity contribution in [1.29, 1.82) is 0 Å². The molecule has 1 heterocycles. The predicted octanol–water partition coefficient (Wildman–Crippen LogP) is 3.11. The van der Waals surface area contributed by atoms with E-state index in [1.165, 1.54) is 5.56 Å². The van der Waals surface area contributed by atoms with Gasteiger partial charge in [-0.1, -0.05) is 13.0 Å². The van der Waals surface area contributed by atoms with Crippen LogP contribution >= 0.6 is 11.8 Å². The van der Waals surface area contributed by atoms with E-state index in [1.807, 2.05) is 12.3 Å². The summed E-state index contributed by atoms with van der Waals surface area (Å²) in [4.78, 5) is 4.25. The minimum absolute atomic E-state index is 1.07. The van der Waals surface area contributed by atoms with Gasteiger partial charge in [0, 0.05) is 6.20 Å². The van der Waals surface area contributed by atoms with Crippen molar-refractivity contribution in [2.24, 2.45) is 0 Å². The highest BCUT2D eigenvalue weighted by Crippen LogP contribution is 2.09. The molecule has 1 rings (SSSR count). The molecule has 0 bridgehead atoms. The fourth-order valence-corrected chi connectivity index (χ4v) is 1.30. The van der Waals surface area contributed by atoms with Gasteiger partial charge in [-0.15, -0.1) is 11.8 Å². The standard InChI is InChI=1S/C10H13NS/c1-3-12-8-6-10-9(2)5-4-7-11-10/h4-8H,3H2,1-2H3/b8-6+. The Morgan fingerprint density at radius 1 is 1.58 bits per heavy atom. The average Bonchev–Trinajstić information content (AvgIpc) is 2.09. The van der Waals surface area contributed by atoms with Crippen LogP contribution in [0.1, 0.15) is 18.2 Å². The molecular weight excluding hydrogens is 166 g/mol. The topological polar surface area (TPSA) is 12.9 Å². The zero-order valence-electron chi connectivity index (χ0n) is 7.45. The van der Waals surface area contributed by atoms with Gasteiger partial charge in [-0.05, 0) is 35.8 Å². The number of thioether (sulfide) groups is 1. The maximum absolute atomic E-state index is 4.25. The molecule has 0 spiro atoms. The maximum Gasteiger partial charge on any atom is 0.0663 e. The van der Waals surface area contributed by atoms with Crippen molar-refractivity contribution in [2.75, 3.05) is 5.75 Å². The second kappa shape index (κ2) is 4.99. The second-order valence-corrected chi connectivity index (χ2v) is 3.65. The maximum atomic E-state index is 4.25. The molecule has 64 valence electrons. The average molecular weight is 179 g/mol. The van der Waals surface area contributed by atoms with Crippen LogP contribution in [-0.2, 0) is 0 Å². The third kappa shape index (κ3) is 2.70. The minimum Gasteiger partial charge on any atom is -0.257 e. The van der Waals surface area contributed by atoms with Gasteiger partial charge >= 0.3 is 0 Å². The van der Waals surface area contributed by atoms with Gasteiger partial charge in [0.25, 0.3) is 0 Å². The number of rotatable bonds is 3. The Morgan fingerprint density at radius 3 is 3.08 bits per heavy atom. The predicted molar refractivity (Wildman–Crippen MR) is 56.1 cm³/mol. The third-order valence-corrected chi connectivity index (χ3v) is 2.20. The van der Waals surface area contributed by atoms with Crippen LogP contribution in [-0.4, -0.2) is 10.7 Å². The molecular formula is C10H13NS. The van der Waals surface area contributed by atoms with Crippen LogP contribution in [0.2, 0.25) is 0 Å². The first-order valence-corrected chi connectivity index (χ1v) is 5.09. The minimum atomic E-state index is 1.07. The summed E-state index contributed by atoms with van der Waals surface area (Å²) in [5.41, 5.74) is 2.30. The van der Waals surface area contributed by atoms with Crippen molar-refractivity contribution in [2.45, 2.75) is 13.8 Å². The van der Waals surface area contributed by atoms with E-state index in [0.29, 0.717) is 0 Å². The first kappa shape index (κ1) is 9.33. The molecule has 0 radical (unpaired) electrons. The number of hydrogen-bond acceptors (Lipinski definition) is 2. The quantitative estimate of drug-likeness (QED) is 0.707. The molecule has 0 fully saturated rings. The smallest absolute Gasteiger partial charge is 0.0663 e. The lowest BCUT2D eigenvalue weighted by atomic mass is 10.2. The molecule has 0 N–H and O–H groups in total. The van der Waals surface area contributed by atoms with E-state index in [-0.39, 0.29) is 0 Å². The molecule has 1 aromatic rings. The van der Waals surface area contributed by atoms with Crippen molar-refractivity contribution >= 4 is 17.8 Å². The van der Waals surface area contributed by atoms with Crippen molar-refractivity contribution in [3.05, 3.63) is 35.0 Å². The van der Waals surface area contributed by atoms with Crippen molar-refractivity contribution in [1.82, 2.24) is 4.98 Å². The highest BCUT2D eigenvalue weighted by atomic mass is 32.2. The van der Waals surface area contributed by atoms with Crippen molar-refractivity contribution in [3.8, 4) is 0 Å². The lowest BCUT2D eigenvalue weighted by Crippen LogP contribution is -1.83. The largest absolute Gasteiger partial charge is 0.257 e. The molecule has 12 heavy (non-hydrogen) atoms. The normalized spacial score (nSPS) is 10.8. The van der Waals surface area contributed by atoms with E-state index >= 15 is 0 Å². The Kier molecular flexibility index (Phi) is 3.88. The van der Waals surface area contributed by atoms with Crippen LogP contribution in [0, 0.1) is 6.92 Å². The molecule has 0 aliphatic rings. The number of nitrogens with zero attached hydrogens (tertiary/aromatic N) is 1. The van der Waals surface area contributed by atoms with Crippen LogP contribution in [0.15, 0.2) is 23.7 Å². The molecule has 0 atom stereocenters. The van der Waals surface area contributed by atoms with Gasteiger partial charge in [0.1, 0.15) is 0 Å². The summed E-state index contributed by atoms with van der Waals surface area (Å²) in [6.45, 7) is 4.21. The van der Waals surface area contributed by atoms with Crippen molar-refractivity contribution in [3.63, 3.8) is 0 Å². The number of hydrogen-bond donors (Lipinski definition) is 0. The Morgan fingerprint density at radius 2 is 2.42 bits per heavy atom. The van der Waals surface area contributed by atoms with E-state index in [1.54, 1.807) is 11.8 Å². The van der Waals surface area contributed by atoms with Gasteiger partial charge in [0.2, 0.25) is 0 Å². The lowest BCUT2D eigenvalue weighted by molar-refractivity contribution is 1.24. The van der Waals surface area contributed by atoms with Gasteiger partial charge < -0.3 is 0 Å². The van der Waals surface area contributed by atoms with Crippen molar-refractivity contribution < 1.29 is 0 Å². The Balaban J connectivity index is 2.68. The Hall–Kier alpha value is -0.760. The SMILES string of the molecule is CCS/C=C/c1ncccc1C. The van der Waals surface area contributed by atoms with Gasteiger partial charge in [-0.2, -0.15) is 0 Å². The number of aromatic nitrogens is 1. The summed E-state index contributed by atoms with van der Waals surface area (Å²) in [7, 11) is 0. The highest BCUT2D eigenvalue weighted by Gasteiger charge is 1.90. The Labute approximate surface area is 77.9 Å². The fraction of sp³-hybridized carbons (Fsp3) is 0.300. The molecule has 2 heteroatoms. The molecule has 1 aromatic heterocycles. The highest BCUT2D eigenvalue weighted by molar-refractivity contribution is 8.02. The summed E-state index contributed by atoms with van der Waals surface area (Å²) in [5.74, 6) is 1.11. The zero-order chi connectivity index (χ0) is 8.81. The first-order valence-electron chi connectivity index (χ1n) is 4.04. The van der Waals surface area contributed by atoms with Crippen LogP contribution in [0.3, 0.4) is 0 Å². The summed E-state index contributed by atoms with van der Waals surface area (Å²) in [5, 5.41) is 2.09. The monoisotopic (exact) mass is 179 g/mol. The lowest BCUT2D eigenvalue weighted by Gasteiger charge is -1.96. The third-order valence-electron chi connectivity index (χ3n) is 1.54. The molecule has 0 saturated heterocycles. The molecule has 0 aliphatic heterocycles. The van der Waals surface area contributed by atoms with Gasteiger partial charge in [0.05, 0.1) is 5.69 Å². The Bertz CT molecular complexity index is 268. The summed E-state index contributed by atoms with van der Waals surface area (Å²) >= 11 is 1.79. The number of pyridine rings is 1. The molecule has 0 amide bonds. The first-order chi connectivity index (χ1) is 5.84. The van der Waals surface area contributed by atoms with Gasteiger partial charge in [-0.25, -0.2) is 0 Å². The number of aryl methyl sites for hydroxylation is 1. The molecule has 0 saturated carbocycles. The molecule has 0 aromatic carbocycles. The second-order valence-electron chi connectivity index (χ2n) is 2.46.